The summed E-state index contributed by atoms with van der Waals surface area (Å²) in [4.78, 5) is 29.6. The number of hydrogen-bond acceptors (Lipinski definition) is 5. The smallest absolute Gasteiger partial charge is 0.185 e. The Morgan fingerprint density at radius 3 is 2.37 bits per heavy atom. The molecule has 0 amide bonds. The largest absolute Gasteiger partial charge is 0.299 e. The summed E-state index contributed by atoms with van der Waals surface area (Å²) in [5, 5.41) is 2.12. The lowest BCUT2D eigenvalue weighted by atomic mass is 10.00. The van der Waals surface area contributed by atoms with E-state index in [0.29, 0.717) is 12.0 Å². The average molecular weight is 486 g/mol. The van der Waals surface area contributed by atoms with Gasteiger partial charge in [-0.3, -0.25) is 14.6 Å². The third-order valence-corrected chi connectivity index (χ3v) is 8.00. The summed E-state index contributed by atoms with van der Waals surface area (Å²) in [6.07, 6.45) is 4.75. The highest BCUT2D eigenvalue weighted by Gasteiger charge is 2.43. The van der Waals surface area contributed by atoms with Gasteiger partial charge in [0.15, 0.2) is 15.6 Å². The Labute approximate surface area is 205 Å². The van der Waals surface area contributed by atoms with Crippen molar-refractivity contribution < 1.29 is 18.0 Å². The second-order valence-electron chi connectivity index (χ2n) is 8.77. The summed E-state index contributed by atoms with van der Waals surface area (Å²) >= 11 is 0. The Bertz CT molecular complexity index is 1480. The molecule has 1 heterocycles. The first kappa shape index (κ1) is 24.5. The summed E-state index contributed by atoms with van der Waals surface area (Å²) in [6.45, 7) is 0. The lowest BCUT2D eigenvalue weighted by Crippen LogP contribution is -2.16. The van der Waals surface area contributed by atoms with E-state index in [1.807, 2.05) is 42.6 Å². The molecule has 1 aliphatic rings. The number of fused-ring (bicyclic) bond motifs is 1. The molecule has 0 aliphatic heterocycles. The van der Waals surface area contributed by atoms with Gasteiger partial charge in [0.2, 0.25) is 0 Å². The molecule has 0 radical (unpaired) electrons. The highest BCUT2D eigenvalue weighted by molar-refractivity contribution is 7.92. The van der Waals surface area contributed by atoms with Crippen molar-refractivity contribution in [3.63, 3.8) is 0 Å². The van der Waals surface area contributed by atoms with Crippen molar-refractivity contribution in [1.29, 1.82) is 0 Å². The first-order valence-corrected chi connectivity index (χ1v) is 12.8. The molecule has 3 aromatic carbocycles. The normalized spacial score (nSPS) is 16.9. The van der Waals surface area contributed by atoms with Gasteiger partial charge in [-0.25, -0.2) is 8.42 Å². The summed E-state index contributed by atoms with van der Waals surface area (Å²) in [5.74, 6) is -0.664. The van der Waals surface area contributed by atoms with Crippen LogP contribution in [-0.2, 0) is 21.1 Å². The molecule has 0 saturated heterocycles. The van der Waals surface area contributed by atoms with Gasteiger partial charge < -0.3 is 0 Å². The van der Waals surface area contributed by atoms with E-state index in [1.165, 1.54) is 12.1 Å². The molecule has 0 N–H and O–H groups in total. The monoisotopic (exact) mass is 485 g/mol. The van der Waals surface area contributed by atoms with Crippen molar-refractivity contribution in [3.05, 3.63) is 108 Å². The Morgan fingerprint density at radius 2 is 1.63 bits per heavy atom. The number of sulfone groups is 1. The van der Waals surface area contributed by atoms with Crippen LogP contribution in [0.15, 0.2) is 96.2 Å². The molecular formula is C29H27NO4S. The van der Waals surface area contributed by atoms with Crippen LogP contribution in [0.25, 0.3) is 10.8 Å². The van der Waals surface area contributed by atoms with E-state index in [2.05, 4.69) is 4.98 Å². The van der Waals surface area contributed by atoms with E-state index >= 15 is 0 Å². The van der Waals surface area contributed by atoms with Crippen LogP contribution in [0.4, 0.5) is 0 Å². The first-order valence-electron chi connectivity index (χ1n) is 11.2. The number of carbonyl (C=O) groups excluding carboxylic acids is 2. The zero-order valence-corrected chi connectivity index (χ0v) is 19.2. The minimum atomic E-state index is -3.68. The topological polar surface area (TPSA) is 81.2 Å². The van der Waals surface area contributed by atoms with Crippen LogP contribution in [0.1, 0.15) is 41.3 Å². The highest BCUT2D eigenvalue weighted by Crippen LogP contribution is 2.48. The average Bonchev–Trinajstić information content (AvgIpc) is 3.66. The maximum absolute atomic E-state index is 12.8. The van der Waals surface area contributed by atoms with Crippen LogP contribution < -0.4 is 0 Å². The van der Waals surface area contributed by atoms with Crippen molar-refractivity contribution >= 4 is 32.2 Å². The van der Waals surface area contributed by atoms with E-state index in [9.17, 15) is 18.0 Å². The fraction of sp³-hybridized carbons (Fsp3) is 0.207. The molecule has 1 aromatic heterocycles. The van der Waals surface area contributed by atoms with Crippen molar-refractivity contribution in [2.75, 3.05) is 5.75 Å². The second kappa shape index (κ2) is 9.92. The van der Waals surface area contributed by atoms with Gasteiger partial charge in [0, 0.05) is 35.7 Å². The van der Waals surface area contributed by atoms with Crippen LogP contribution >= 0.6 is 0 Å². The molecule has 1 fully saturated rings. The minimum Gasteiger partial charge on any atom is -0.299 e. The van der Waals surface area contributed by atoms with Crippen molar-refractivity contribution in [2.45, 2.75) is 31.1 Å². The first-order chi connectivity index (χ1) is 16.4. The number of Topliss-reactive ketones (excluding diaryl/α,β-unsaturated/α-hetero) is 2. The molecular weight excluding hydrogens is 458 g/mol. The molecule has 5 rings (SSSR count). The molecule has 2 atom stereocenters. The van der Waals surface area contributed by atoms with Gasteiger partial charge in [0.25, 0.3) is 0 Å². The summed E-state index contributed by atoms with van der Waals surface area (Å²) in [7, 11) is -3.68. The fourth-order valence-electron chi connectivity index (χ4n) is 4.38. The molecule has 35 heavy (non-hydrogen) atoms. The lowest BCUT2D eigenvalue weighted by molar-refractivity contribution is -0.119. The van der Waals surface area contributed by atoms with E-state index < -0.39 is 21.4 Å². The van der Waals surface area contributed by atoms with Gasteiger partial charge in [-0.05, 0) is 47.1 Å². The molecule has 0 spiro atoms. The van der Waals surface area contributed by atoms with Crippen molar-refractivity contribution in [3.8, 4) is 0 Å². The van der Waals surface area contributed by atoms with Crippen LogP contribution in [0.2, 0.25) is 0 Å². The zero-order valence-electron chi connectivity index (χ0n) is 18.4. The number of benzene rings is 3. The van der Waals surface area contributed by atoms with Crippen LogP contribution in [-0.4, -0.2) is 30.7 Å². The van der Waals surface area contributed by atoms with Gasteiger partial charge in [-0.1, -0.05) is 68.1 Å². The van der Waals surface area contributed by atoms with E-state index in [1.54, 1.807) is 36.5 Å². The quantitative estimate of drug-likeness (QED) is 0.310. The SMILES string of the molecule is C.O=C(CS(=O)(=O)c1ccccc1)c1ccc([C@@H]2C[C@H]2C(=O)Cc2ccc3cnccc3c2)cc1. The van der Waals surface area contributed by atoms with Crippen LogP contribution in [0, 0.1) is 5.92 Å². The molecule has 178 valence electrons. The van der Waals surface area contributed by atoms with Gasteiger partial charge in [0.1, 0.15) is 11.5 Å². The number of aromatic nitrogens is 1. The Kier molecular flexibility index (Phi) is 6.94. The standard InChI is InChI=1S/C28H23NO4S.CH4/c30-27(15-19-6-7-23-17-29-13-12-22(23)14-19)26-16-25(26)20-8-10-21(11-9-20)28(31)18-34(32,33)24-4-2-1-3-5-24;/h1-14,17,25-26H,15-16,18H2;1H4/t25-,26+;/m0./s1. The minimum absolute atomic E-state index is 0. The predicted octanol–water partition coefficient (Wildman–Crippen LogP) is 5.44. The van der Waals surface area contributed by atoms with Gasteiger partial charge in [-0.15, -0.1) is 0 Å². The Balaban J connectivity index is 0.00000289. The number of hydrogen-bond donors (Lipinski definition) is 0. The number of rotatable bonds is 8. The van der Waals surface area contributed by atoms with Crippen LogP contribution in [0.3, 0.4) is 0 Å². The Morgan fingerprint density at radius 1 is 0.886 bits per heavy atom. The van der Waals surface area contributed by atoms with E-state index in [4.69, 9.17) is 0 Å². The number of carbonyl (C=O) groups is 2. The Hall–Kier alpha value is -3.64. The van der Waals surface area contributed by atoms with E-state index in [-0.39, 0.29) is 29.9 Å². The molecule has 0 bridgehead atoms. The zero-order chi connectivity index (χ0) is 23.7. The summed E-state index contributed by atoms with van der Waals surface area (Å²) < 4.78 is 25.0. The third kappa shape index (κ3) is 5.38. The van der Waals surface area contributed by atoms with Crippen molar-refractivity contribution in [2.24, 2.45) is 5.92 Å². The maximum Gasteiger partial charge on any atom is 0.185 e. The maximum atomic E-state index is 12.8. The van der Waals surface area contributed by atoms with Gasteiger partial charge >= 0.3 is 0 Å². The molecule has 1 saturated carbocycles. The molecule has 6 heteroatoms. The number of nitrogens with zero attached hydrogens (tertiary/aromatic N) is 1. The highest BCUT2D eigenvalue weighted by atomic mass is 32.2. The number of pyridine rings is 1. The lowest BCUT2D eigenvalue weighted by Gasteiger charge is -2.06. The van der Waals surface area contributed by atoms with Gasteiger partial charge in [-0.2, -0.15) is 0 Å². The van der Waals surface area contributed by atoms with E-state index in [0.717, 1.165) is 28.3 Å². The predicted molar refractivity (Wildman–Crippen MR) is 137 cm³/mol. The summed E-state index contributed by atoms with van der Waals surface area (Å²) in [5.41, 5.74) is 2.36. The second-order valence-corrected chi connectivity index (χ2v) is 10.8. The summed E-state index contributed by atoms with van der Waals surface area (Å²) in [6, 6.07) is 22.9. The fourth-order valence-corrected chi connectivity index (χ4v) is 5.63. The molecule has 5 nitrogen and oxygen atoms in total. The third-order valence-electron chi connectivity index (χ3n) is 6.37. The van der Waals surface area contributed by atoms with Gasteiger partial charge in [0.05, 0.1) is 4.90 Å². The van der Waals surface area contributed by atoms with Crippen LogP contribution in [0.5, 0.6) is 0 Å². The molecule has 4 aromatic rings. The molecule has 1 aliphatic carbocycles. The van der Waals surface area contributed by atoms with Crippen molar-refractivity contribution in [1.82, 2.24) is 4.98 Å². The number of ketones is 2. The molecule has 0 unspecified atom stereocenters.